The van der Waals surface area contributed by atoms with Crippen LogP contribution in [0.2, 0.25) is 0 Å². The summed E-state index contributed by atoms with van der Waals surface area (Å²) < 4.78 is 62.8. The molecule has 24 heteroatoms. The molecule has 4 N–H and O–H groups in total. The zero-order valence-electron chi connectivity index (χ0n) is 27.5. The number of carbonyl (C=O) groups is 4. The highest BCUT2D eigenvalue weighted by atomic mass is 32.5. The second-order valence-electron chi connectivity index (χ2n) is 11.4. The summed E-state index contributed by atoms with van der Waals surface area (Å²) in [6, 6.07) is 0. The number of nitrogen functional groups attached to an aromatic ring is 1. The van der Waals surface area contributed by atoms with Crippen LogP contribution in [0, 0.1) is 11.8 Å². The first-order valence-corrected chi connectivity index (χ1v) is 19.0. The van der Waals surface area contributed by atoms with Gasteiger partial charge in [0.1, 0.15) is 24.6 Å². The molecule has 0 aliphatic carbocycles. The van der Waals surface area contributed by atoms with Crippen molar-refractivity contribution in [3.63, 3.8) is 0 Å². The Labute approximate surface area is 289 Å². The summed E-state index contributed by atoms with van der Waals surface area (Å²) in [5.74, 6) is -3.82. The molecule has 0 saturated carbocycles. The molecule has 2 saturated heterocycles. The van der Waals surface area contributed by atoms with Crippen LogP contribution in [0.25, 0.3) is 11.2 Å². The van der Waals surface area contributed by atoms with E-state index in [2.05, 4.69) is 15.0 Å². The molecule has 0 aromatic carbocycles. The van der Waals surface area contributed by atoms with E-state index in [0.29, 0.717) is 0 Å². The summed E-state index contributed by atoms with van der Waals surface area (Å²) in [7, 11) is -5.38. The van der Waals surface area contributed by atoms with Gasteiger partial charge in [-0.15, -0.1) is 0 Å². The lowest BCUT2D eigenvalue weighted by molar-refractivity contribution is -0.256. The lowest BCUT2D eigenvalue weighted by atomic mass is 9.83. The topological polar surface area (TPSA) is 278 Å². The summed E-state index contributed by atoms with van der Waals surface area (Å²) in [6.45, 7) is 2.19. The van der Waals surface area contributed by atoms with Gasteiger partial charge < -0.3 is 48.5 Å². The predicted molar refractivity (Wildman–Crippen MR) is 168 cm³/mol. The zero-order valence-corrected chi connectivity index (χ0v) is 30.1. The Bertz CT molecular complexity index is 1690. The molecule has 21 nitrogen and oxygen atoms in total. The molecule has 0 spiro atoms. The zero-order chi connectivity index (χ0) is 37.1. The molecule has 278 valence electrons. The van der Waals surface area contributed by atoms with Gasteiger partial charge in [-0.2, -0.15) is 0 Å². The van der Waals surface area contributed by atoms with E-state index in [0.717, 1.165) is 27.1 Å². The van der Waals surface area contributed by atoms with Gasteiger partial charge in [0, 0.05) is 33.6 Å². The van der Waals surface area contributed by atoms with Crippen LogP contribution in [0.15, 0.2) is 12.7 Å². The highest BCUT2D eigenvalue weighted by Crippen LogP contribution is 2.62. The molecule has 50 heavy (non-hydrogen) atoms. The Kier molecular flexibility index (Phi) is 12.7. The van der Waals surface area contributed by atoms with E-state index in [1.807, 2.05) is 0 Å². The largest absolute Gasteiger partial charge is 0.481 e. The molecule has 11 atom stereocenters. The molecule has 2 fully saturated rings. The number of nitrogens with zero attached hydrogens (tertiary/aromatic N) is 4. The number of carbonyl (C=O) groups excluding carboxylic acids is 4. The van der Waals surface area contributed by atoms with Crippen molar-refractivity contribution >= 4 is 67.2 Å². The van der Waals surface area contributed by atoms with E-state index in [4.69, 9.17) is 59.3 Å². The fourth-order valence-corrected chi connectivity index (χ4v) is 8.43. The van der Waals surface area contributed by atoms with Crippen molar-refractivity contribution in [2.75, 3.05) is 18.9 Å². The summed E-state index contributed by atoms with van der Waals surface area (Å²) in [5, 5.41) is 0. The number of ether oxygens (including phenoxy) is 6. The average molecular weight is 770 g/mol. The van der Waals surface area contributed by atoms with Crippen LogP contribution >= 0.6 is 14.5 Å². The standard InChI is InChI=1S/C26H37N5O16P2S/c1-11-12(2)20(41-14(4)33)26(45-17(11)7-39-13(3)32)46-48(36,37)47-49(38,50)40-8-18-21(42-15(5)34)22(43-16(6)35)25(44-18)31-10-30-19-23(27)28-9-29-24(19)31/h9-12,17-18,20-22,25-26H,7-8H2,1-6H3,(H,36,37)(H,38,50)(H2,27,28,29)/t11-,12-,17?,18+,20?,21-,22?,25+,26-,49?/m0/s1. The maximum absolute atomic E-state index is 13.2. The first kappa shape index (κ1) is 39.6. The van der Waals surface area contributed by atoms with Gasteiger partial charge in [0.15, 0.2) is 36.0 Å². The van der Waals surface area contributed by atoms with Gasteiger partial charge >= 0.3 is 38.4 Å². The summed E-state index contributed by atoms with van der Waals surface area (Å²) in [5.41, 5.74) is 6.26. The van der Waals surface area contributed by atoms with Crippen LogP contribution < -0.4 is 5.73 Å². The molecule has 4 rings (SSSR count). The molecule has 0 amide bonds. The number of esters is 4. The van der Waals surface area contributed by atoms with Gasteiger partial charge in [-0.05, 0) is 17.7 Å². The first-order valence-electron chi connectivity index (χ1n) is 14.9. The van der Waals surface area contributed by atoms with E-state index in [9.17, 15) is 33.5 Å². The van der Waals surface area contributed by atoms with E-state index < -0.39 is 94.0 Å². The number of rotatable bonds is 13. The Morgan fingerprint density at radius 2 is 1.50 bits per heavy atom. The van der Waals surface area contributed by atoms with Gasteiger partial charge in [0.05, 0.1) is 19.0 Å². The van der Waals surface area contributed by atoms with Crippen molar-refractivity contribution < 1.29 is 75.3 Å². The van der Waals surface area contributed by atoms with Crippen molar-refractivity contribution in [3.8, 4) is 0 Å². The van der Waals surface area contributed by atoms with E-state index >= 15 is 0 Å². The average Bonchev–Trinajstić information content (AvgIpc) is 3.55. The second-order valence-corrected chi connectivity index (χ2v) is 15.7. The van der Waals surface area contributed by atoms with Crippen molar-refractivity contribution in [1.29, 1.82) is 0 Å². The van der Waals surface area contributed by atoms with Gasteiger partial charge in [0.25, 0.3) is 0 Å². The monoisotopic (exact) mass is 769 g/mol. The number of fused-ring (bicyclic) bond motifs is 1. The van der Waals surface area contributed by atoms with Crippen LogP contribution in [0.3, 0.4) is 0 Å². The fraction of sp³-hybridized carbons (Fsp3) is 0.654. The van der Waals surface area contributed by atoms with Crippen molar-refractivity contribution in [1.82, 2.24) is 19.5 Å². The van der Waals surface area contributed by atoms with E-state index in [-0.39, 0.29) is 29.5 Å². The predicted octanol–water partition coefficient (Wildman–Crippen LogP) is 1.03. The number of imidazole rings is 1. The maximum atomic E-state index is 13.2. The normalized spacial score (nSPS) is 30.5. The highest BCUT2D eigenvalue weighted by Gasteiger charge is 2.52. The van der Waals surface area contributed by atoms with E-state index in [1.165, 1.54) is 17.8 Å². The third-order valence-corrected chi connectivity index (χ3v) is 11.2. The molecular formula is C26H37N5O16P2S. The van der Waals surface area contributed by atoms with Gasteiger partial charge in [-0.3, -0.25) is 28.3 Å². The van der Waals surface area contributed by atoms with Crippen LogP contribution in [0.5, 0.6) is 0 Å². The Morgan fingerprint density at radius 1 is 0.880 bits per heavy atom. The van der Waals surface area contributed by atoms with Crippen molar-refractivity contribution in [3.05, 3.63) is 12.7 Å². The Morgan fingerprint density at radius 3 is 2.12 bits per heavy atom. The quantitative estimate of drug-likeness (QED) is 0.146. The first-order chi connectivity index (χ1) is 23.3. The third-order valence-electron chi connectivity index (χ3n) is 7.66. The minimum atomic E-state index is -5.38. The summed E-state index contributed by atoms with van der Waals surface area (Å²) in [6.07, 6.45) is -6.66. The summed E-state index contributed by atoms with van der Waals surface area (Å²) in [4.78, 5) is 81.1. The number of anilines is 1. The van der Waals surface area contributed by atoms with Gasteiger partial charge in [-0.25, -0.2) is 23.8 Å². The van der Waals surface area contributed by atoms with Gasteiger partial charge in [0.2, 0.25) is 6.29 Å². The number of aromatic nitrogens is 4. The minimum absolute atomic E-state index is 0.0441. The molecule has 2 aromatic heterocycles. The number of phosphoric acid groups is 1. The fourth-order valence-electron chi connectivity index (χ4n) is 5.33. The summed E-state index contributed by atoms with van der Waals surface area (Å²) >= 11 is 4.97. The molecule has 2 aliphatic rings. The lowest BCUT2D eigenvalue weighted by Gasteiger charge is -2.43. The SMILES string of the molecule is CC(=O)OCC1O[C@@H](OP(=O)(O)OP(O)(=S)OC[C@H]2O[C@@H](n3cnc4c(N)ncnc43)C(OC(C)=O)[C@H]2OC(C)=O)C(OC(C)=O)[C@@H](C)[C@@H]1C. The molecule has 2 aromatic rings. The molecule has 5 unspecified atom stereocenters. The molecule has 2 aliphatic heterocycles. The van der Waals surface area contributed by atoms with Crippen LogP contribution in [-0.2, 0) is 77.3 Å². The van der Waals surface area contributed by atoms with E-state index in [1.54, 1.807) is 13.8 Å². The van der Waals surface area contributed by atoms with Crippen molar-refractivity contribution in [2.45, 2.75) is 84.6 Å². The number of nitrogens with two attached hydrogens (primary N) is 1. The number of hydrogen-bond acceptors (Lipinski definition) is 19. The molecule has 0 bridgehead atoms. The maximum Gasteiger partial charge on any atom is 0.481 e. The van der Waals surface area contributed by atoms with Gasteiger partial charge in [-0.1, -0.05) is 13.8 Å². The smallest absolute Gasteiger partial charge is 0.463 e. The second kappa shape index (κ2) is 16.0. The third kappa shape index (κ3) is 9.78. The Balaban J connectivity index is 1.52. The Hall–Kier alpha value is -3.17. The minimum Gasteiger partial charge on any atom is -0.463 e. The number of hydrogen-bond donors (Lipinski definition) is 3. The number of phosphoric ester groups is 1. The molecule has 0 radical (unpaired) electrons. The van der Waals surface area contributed by atoms with Crippen molar-refractivity contribution in [2.24, 2.45) is 11.8 Å². The van der Waals surface area contributed by atoms with Crippen LogP contribution in [0.1, 0.15) is 47.8 Å². The molecule has 4 heterocycles. The van der Waals surface area contributed by atoms with Crippen LogP contribution in [-0.4, -0.2) is 103 Å². The van der Waals surface area contributed by atoms with Crippen LogP contribution in [0.4, 0.5) is 5.82 Å². The lowest BCUT2D eigenvalue weighted by Crippen LogP contribution is -2.53. The molecular weight excluding hydrogens is 732 g/mol. The highest BCUT2D eigenvalue weighted by molar-refractivity contribution is 8.08.